The molecule has 0 spiro atoms. The van der Waals surface area contributed by atoms with Crippen molar-refractivity contribution in [2.24, 2.45) is 0 Å². The zero-order valence-corrected chi connectivity index (χ0v) is 10.0. The van der Waals surface area contributed by atoms with Crippen molar-refractivity contribution in [3.8, 4) is 0 Å². The molecule has 3 nitrogen and oxygen atoms in total. The summed E-state index contributed by atoms with van der Waals surface area (Å²) in [5.74, 6) is 0.729. The van der Waals surface area contributed by atoms with Gasteiger partial charge in [-0.05, 0) is 33.6 Å². The van der Waals surface area contributed by atoms with Crippen LogP contribution in [0.5, 0.6) is 0 Å². The van der Waals surface area contributed by atoms with Crippen LogP contribution in [0.4, 0.5) is 0 Å². The van der Waals surface area contributed by atoms with Gasteiger partial charge in [0.15, 0.2) is 5.82 Å². The van der Waals surface area contributed by atoms with Crippen LogP contribution in [0.2, 0.25) is 5.15 Å². The first-order chi connectivity index (χ1) is 7.08. The van der Waals surface area contributed by atoms with Crippen molar-refractivity contribution < 1.29 is 4.74 Å². The maximum Gasteiger partial charge on any atom is 0.159 e. The first-order valence-corrected chi connectivity index (χ1v) is 5.62. The first kappa shape index (κ1) is 10.8. The van der Waals surface area contributed by atoms with E-state index in [1.807, 2.05) is 13.8 Å². The van der Waals surface area contributed by atoms with Crippen molar-refractivity contribution in [3.63, 3.8) is 0 Å². The lowest BCUT2D eigenvalue weighted by Crippen LogP contribution is -2.07. The van der Waals surface area contributed by atoms with Crippen LogP contribution in [-0.4, -0.2) is 16.1 Å². The topological polar surface area (TPSA) is 35.0 Å². The Bertz CT molecular complexity index is 358. The van der Waals surface area contributed by atoms with Crippen LogP contribution < -0.4 is 0 Å². The molecular weight excluding hydrogens is 212 g/mol. The van der Waals surface area contributed by atoms with Crippen LogP contribution in [0.15, 0.2) is 0 Å². The zero-order chi connectivity index (χ0) is 11.0. The predicted octanol–water partition coefficient (Wildman–Crippen LogP) is 2.99. The minimum Gasteiger partial charge on any atom is -0.367 e. The van der Waals surface area contributed by atoms with Crippen LogP contribution in [0, 0.1) is 13.8 Å². The lowest BCUT2D eigenvalue weighted by molar-refractivity contribution is 0.0502. The molecule has 4 heteroatoms. The molecule has 1 aromatic heterocycles. The van der Waals surface area contributed by atoms with E-state index >= 15 is 0 Å². The van der Waals surface area contributed by atoms with Crippen molar-refractivity contribution in [3.05, 3.63) is 22.2 Å². The highest BCUT2D eigenvalue weighted by atomic mass is 35.5. The van der Waals surface area contributed by atoms with Gasteiger partial charge in [-0.2, -0.15) is 0 Å². The molecule has 0 amide bonds. The molecule has 1 saturated heterocycles. The van der Waals surface area contributed by atoms with E-state index in [1.54, 1.807) is 0 Å². The standard InChI is InChI=1S/C11H15ClN2O/c1-6-4-5-9(15-6)11-13-8(3)7(2)10(12)14-11/h6,9H,4-5H2,1-3H3. The number of hydrogen-bond acceptors (Lipinski definition) is 3. The molecule has 0 bridgehead atoms. The highest BCUT2D eigenvalue weighted by Crippen LogP contribution is 2.31. The van der Waals surface area contributed by atoms with Gasteiger partial charge in [-0.1, -0.05) is 11.6 Å². The van der Waals surface area contributed by atoms with E-state index in [1.165, 1.54) is 0 Å². The van der Waals surface area contributed by atoms with E-state index in [0.717, 1.165) is 29.9 Å². The average Bonchev–Trinajstić information content (AvgIpc) is 2.60. The van der Waals surface area contributed by atoms with Crippen molar-refractivity contribution in [2.75, 3.05) is 0 Å². The maximum absolute atomic E-state index is 6.03. The van der Waals surface area contributed by atoms with Gasteiger partial charge in [0.05, 0.1) is 6.10 Å². The average molecular weight is 227 g/mol. The summed E-state index contributed by atoms with van der Waals surface area (Å²) in [6.45, 7) is 5.95. The molecule has 2 rings (SSSR count). The maximum atomic E-state index is 6.03. The monoisotopic (exact) mass is 226 g/mol. The molecular formula is C11H15ClN2O. The summed E-state index contributed by atoms with van der Waals surface area (Å²) in [5, 5.41) is 0.542. The van der Waals surface area contributed by atoms with Crippen molar-refractivity contribution in [2.45, 2.75) is 45.8 Å². The van der Waals surface area contributed by atoms with Gasteiger partial charge in [0.2, 0.25) is 0 Å². The molecule has 0 aromatic carbocycles. The van der Waals surface area contributed by atoms with E-state index in [-0.39, 0.29) is 6.10 Å². The lowest BCUT2D eigenvalue weighted by Gasteiger charge is -2.11. The van der Waals surface area contributed by atoms with E-state index in [4.69, 9.17) is 16.3 Å². The smallest absolute Gasteiger partial charge is 0.159 e. The summed E-state index contributed by atoms with van der Waals surface area (Å²) < 4.78 is 5.71. The third-order valence-electron chi connectivity index (χ3n) is 2.87. The van der Waals surface area contributed by atoms with Crippen LogP contribution in [0.25, 0.3) is 0 Å². The molecule has 82 valence electrons. The molecule has 2 heterocycles. The number of ether oxygens (including phenoxy) is 1. The summed E-state index contributed by atoms with van der Waals surface area (Å²) in [6, 6.07) is 0. The van der Waals surface area contributed by atoms with Crippen LogP contribution in [0.1, 0.15) is 43.0 Å². The van der Waals surface area contributed by atoms with Gasteiger partial charge in [0, 0.05) is 11.3 Å². The second-order valence-corrected chi connectivity index (χ2v) is 4.45. The fourth-order valence-corrected chi connectivity index (χ4v) is 1.97. The van der Waals surface area contributed by atoms with Crippen molar-refractivity contribution in [1.82, 2.24) is 9.97 Å². The Balaban J connectivity index is 2.29. The number of nitrogens with zero attached hydrogens (tertiary/aromatic N) is 2. The number of hydrogen-bond donors (Lipinski definition) is 0. The fraction of sp³-hybridized carbons (Fsp3) is 0.636. The first-order valence-electron chi connectivity index (χ1n) is 5.24. The molecule has 15 heavy (non-hydrogen) atoms. The Kier molecular flexibility index (Phi) is 2.94. The molecule has 1 aliphatic heterocycles. The third-order valence-corrected chi connectivity index (χ3v) is 3.24. The van der Waals surface area contributed by atoms with E-state index in [2.05, 4.69) is 16.9 Å². The second-order valence-electron chi connectivity index (χ2n) is 4.10. The Morgan fingerprint density at radius 1 is 1.27 bits per heavy atom. The van der Waals surface area contributed by atoms with E-state index in [9.17, 15) is 0 Å². The molecule has 0 radical (unpaired) electrons. The van der Waals surface area contributed by atoms with E-state index < -0.39 is 0 Å². The summed E-state index contributed by atoms with van der Waals surface area (Å²) >= 11 is 6.03. The van der Waals surface area contributed by atoms with Crippen molar-refractivity contribution >= 4 is 11.6 Å². The summed E-state index contributed by atoms with van der Waals surface area (Å²) in [7, 11) is 0. The molecule has 1 aromatic rings. The Morgan fingerprint density at radius 3 is 2.53 bits per heavy atom. The van der Waals surface area contributed by atoms with Gasteiger partial charge in [0.25, 0.3) is 0 Å². The van der Waals surface area contributed by atoms with Crippen LogP contribution in [0.3, 0.4) is 0 Å². The molecule has 2 unspecified atom stereocenters. The van der Waals surface area contributed by atoms with Crippen LogP contribution in [-0.2, 0) is 4.74 Å². The van der Waals surface area contributed by atoms with Gasteiger partial charge in [0.1, 0.15) is 11.3 Å². The summed E-state index contributed by atoms with van der Waals surface area (Å²) in [6.07, 6.45) is 2.38. The van der Waals surface area contributed by atoms with Gasteiger partial charge < -0.3 is 4.74 Å². The third kappa shape index (κ3) is 2.13. The Hall–Kier alpha value is -0.670. The predicted molar refractivity (Wildman–Crippen MR) is 59.0 cm³/mol. The van der Waals surface area contributed by atoms with E-state index in [0.29, 0.717) is 11.3 Å². The zero-order valence-electron chi connectivity index (χ0n) is 9.25. The number of aryl methyl sites for hydroxylation is 1. The number of rotatable bonds is 1. The second kappa shape index (κ2) is 4.06. The highest BCUT2D eigenvalue weighted by molar-refractivity contribution is 6.30. The molecule has 0 N–H and O–H groups in total. The molecule has 0 aliphatic carbocycles. The van der Waals surface area contributed by atoms with Crippen molar-refractivity contribution in [1.29, 1.82) is 0 Å². The quantitative estimate of drug-likeness (QED) is 0.691. The minimum absolute atomic E-state index is 0.0248. The van der Waals surface area contributed by atoms with Crippen LogP contribution >= 0.6 is 11.6 Å². The van der Waals surface area contributed by atoms with Gasteiger partial charge >= 0.3 is 0 Å². The van der Waals surface area contributed by atoms with Gasteiger partial charge in [-0.25, -0.2) is 9.97 Å². The number of halogens is 1. The SMILES string of the molecule is Cc1nc(C2CCC(C)O2)nc(Cl)c1C. The molecule has 0 saturated carbocycles. The molecule has 2 atom stereocenters. The fourth-order valence-electron chi connectivity index (χ4n) is 1.75. The summed E-state index contributed by atoms with van der Waals surface area (Å²) in [5.41, 5.74) is 1.89. The largest absolute Gasteiger partial charge is 0.367 e. The highest BCUT2D eigenvalue weighted by Gasteiger charge is 2.26. The van der Waals surface area contributed by atoms with Gasteiger partial charge in [-0.3, -0.25) is 0 Å². The molecule has 1 aliphatic rings. The molecule has 1 fully saturated rings. The normalized spacial score (nSPS) is 25.9. The minimum atomic E-state index is 0.0248. The Morgan fingerprint density at radius 2 is 2.00 bits per heavy atom. The number of aromatic nitrogens is 2. The van der Waals surface area contributed by atoms with Gasteiger partial charge in [-0.15, -0.1) is 0 Å². The summed E-state index contributed by atoms with van der Waals surface area (Å²) in [4.78, 5) is 8.71. The lowest BCUT2D eigenvalue weighted by atomic mass is 10.2. The Labute approximate surface area is 94.8 Å².